The summed E-state index contributed by atoms with van der Waals surface area (Å²) >= 11 is 0. The van der Waals surface area contributed by atoms with Gasteiger partial charge in [0.05, 0.1) is 6.61 Å². The van der Waals surface area contributed by atoms with Gasteiger partial charge in [0.2, 0.25) is 0 Å². The maximum Gasteiger partial charge on any atom is 0.126 e. The lowest BCUT2D eigenvalue weighted by Gasteiger charge is -2.31. The van der Waals surface area contributed by atoms with Crippen LogP contribution >= 0.6 is 0 Å². The Morgan fingerprint density at radius 1 is 1.50 bits per heavy atom. The highest BCUT2D eigenvalue weighted by Crippen LogP contribution is 2.23. The van der Waals surface area contributed by atoms with Crippen molar-refractivity contribution in [1.82, 2.24) is 10.2 Å². The number of hydrogen-bond donors (Lipinski definition) is 2. The lowest BCUT2D eigenvalue weighted by molar-refractivity contribution is 0.147. The van der Waals surface area contributed by atoms with Crippen LogP contribution in [0.5, 0.6) is 0 Å². The average molecular weight is 280 g/mol. The zero-order valence-corrected chi connectivity index (χ0v) is 12.4. The topological polar surface area (TPSA) is 35.5 Å². The van der Waals surface area contributed by atoms with E-state index in [0.29, 0.717) is 18.2 Å². The fourth-order valence-corrected chi connectivity index (χ4v) is 2.85. The quantitative estimate of drug-likeness (QED) is 0.839. The van der Waals surface area contributed by atoms with Gasteiger partial charge < -0.3 is 10.4 Å². The summed E-state index contributed by atoms with van der Waals surface area (Å²) in [7, 11) is 0. The highest BCUT2D eigenvalue weighted by atomic mass is 19.1. The predicted octanol–water partition coefficient (Wildman–Crippen LogP) is 2.24. The number of halogens is 1. The highest BCUT2D eigenvalue weighted by Gasteiger charge is 2.22. The maximum atomic E-state index is 13.7. The third-order valence-electron chi connectivity index (χ3n) is 4.23. The first kappa shape index (κ1) is 15.4. The van der Waals surface area contributed by atoms with E-state index in [4.69, 9.17) is 0 Å². The Balaban J connectivity index is 2.07. The molecule has 0 amide bonds. The molecule has 1 aromatic carbocycles. The molecule has 1 aliphatic rings. The van der Waals surface area contributed by atoms with Gasteiger partial charge in [-0.3, -0.25) is 4.90 Å². The zero-order valence-electron chi connectivity index (χ0n) is 12.4. The summed E-state index contributed by atoms with van der Waals surface area (Å²) in [5.74, 6) is -0.155. The predicted molar refractivity (Wildman–Crippen MR) is 79.2 cm³/mol. The van der Waals surface area contributed by atoms with Crippen molar-refractivity contribution < 1.29 is 9.50 Å². The monoisotopic (exact) mass is 280 g/mol. The number of aliphatic hydroxyl groups excluding tert-OH is 1. The van der Waals surface area contributed by atoms with E-state index in [1.807, 2.05) is 12.1 Å². The molecule has 2 unspecified atom stereocenters. The zero-order chi connectivity index (χ0) is 14.5. The van der Waals surface area contributed by atoms with Crippen LogP contribution in [0.25, 0.3) is 0 Å². The number of aryl methyl sites for hydroxylation is 1. The van der Waals surface area contributed by atoms with Gasteiger partial charge in [-0.1, -0.05) is 12.1 Å². The van der Waals surface area contributed by atoms with Crippen LogP contribution < -0.4 is 5.32 Å². The van der Waals surface area contributed by atoms with Gasteiger partial charge in [-0.2, -0.15) is 0 Å². The molecular weight excluding hydrogens is 255 g/mol. The Morgan fingerprint density at radius 2 is 2.30 bits per heavy atom. The highest BCUT2D eigenvalue weighted by molar-refractivity contribution is 5.25. The largest absolute Gasteiger partial charge is 0.395 e. The van der Waals surface area contributed by atoms with Crippen molar-refractivity contribution in [3.05, 3.63) is 35.1 Å². The van der Waals surface area contributed by atoms with Crippen LogP contribution in [0.1, 0.15) is 36.9 Å². The Morgan fingerprint density at radius 3 is 2.90 bits per heavy atom. The molecule has 2 N–H and O–H groups in total. The van der Waals surface area contributed by atoms with Gasteiger partial charge in [0.15, 0.2) is 0 Å². The van der Waals surface area contributed by atoms with E-state index >= 15 is 0 Å². The molecule has 3 nitrogen and oxygen atoms in total. The summed E-state index contributed by atoms with van der Waals surface area (Å²) in [4.78, 5) is 2.23. The van der Waals surface area contributed by atoms with E-state index < -0.39 is 0 Å². The molecular formula is C16H25FN2O. The maximum absolute atomic E-state index is 13.7. The molecule has 0 spiro atoms. The van der Waals surface area contributed by atoms with E-state index in [1.165, 1.54) is 12.8 Å². The summed E-state index contributed by atoms with van der Waals surface area (Å²) in [6, 6.07) is 6.02. The molecule has 1 aliphatic heterocycles. The van der Waals surface area contributed by atoms with Crippen molar-refractivity contribution in [3.63, 3.8) is 0 Å². The molecule has 0 aromatic heterocycles. The fraction of sp³-hybridized carbons (Fsp3) is 0.625. The first-order valence-electron chi connectivity index (χ1n) is 7.46. The molecule has 2 atom stereocenters. The van der Waals surface area contributed by atoms with Crippen molar-refractivity contribution in [3.8, 4) is 0 Å². The summed E-state index contributed by atoms with van der Waals surface area (Å²) in [5, 5.41) is 12.7. The standard InChI is InChI=1S/C16H25FN2O/c1-12-5-6-14(10-16(12)17)13(2)19(8-9-20)11-15-4-3-7-18-15/h5-6,10,13,15,18,20H,3-4,7-9,11H2,1-2H3. The van der Waals surface area contributed by atoms with Crippen molar-refractivity contribution in [2.24, 2.45) is 0 Å². The van der Waals surface area contributed by atoms with E-state index in [2.05, 4.69) is 17.1 Å². The summed E-state index contributed by atoms with van der Waals surface area (Å²) in [5.41, 5.74) is 1.65. The van der Waals surface area contributed by atoms with Crippen LogP contribution in [0.4, 0.5) is 4.39 Å². The van der Waals surface area contributed by atoms with Gasteiger partial charge in [-0.25, -0.2) is 4.39 Å². The number of nitrogens with one attached hydrogen (secondary N) is 1. The molecule has 1 saturated heterocycles. The number of aliphatic hydroxyl groups is 1. The fourth-order valence-electron chi connectivity index (χ4n) is 2.85. The summed E-state index contributed by atoms with van der Waals surface area (Å²) < 4.78 is 13.7. The van der Waals surface area contributed by atoms with Gasteiger partial charge in [-0.05, 0) is 50.4 Å². The Kier molecular flexibility index (Phi) is 5.52. The van der Waals surface area contributed by atoms with Crippen LogP contribution in [0.3, 0.4) is 0 Å². The van der Waals surface area contributed by atoms with Gasteiger partial charge in [0.1, 0.15) is 5.82 Å². The van der Waals surface area contributed by atoms with Crippen LogP contribution in [-0.4, -0.2) is 42.3 Å². The SMILES string of the molecule is Cc1ccc(C(C)N(CCO)CC2CCCN2)cc1F. The van der Waals surface area contributed by atoms with E-state index in [9.17, 15) is 9.50 Å². The molecule has 1 fully saturated rings. The minimum atomic E-state index is -0.155. The molecule has 20 heavy (non-hydrogen) atoms. The molecule has 0 saturated carbocycles. The minimum Gasteiger partial charge on any atom is -0.395 e. The Hall–Kier alpha value is -0.970. The molecule has 4 heteroatoms. The van der Waals surface area contributed by atoms with Crippen LogP contribution in [-0.2, 0) is 0 Å². The first-order valence-corrected chi connectivity index (χ1v) is 7.46. The lowest BCUT2D eigenvalue weighted by Crippen LogP contribution is -2.40. The van der Waals surface area contributed by atoms with Gasteiger partial charge in [0.25, 0.3) is 0 Å². The van der Waals surface area contributed by atoms with E-state index in [1.54, 1.807) is 13.0 Å². The third kappa shape index (κ3) is 3.78. The summed E-state index contributed by atoms with van der Waals surface area (Å²) in [6.45, 7) is 6.58. The molecule has 1 heterocycles. The van der Waals surface area contributed by atoms with E-state index in [0.717, 1.165) is 18.7 Å². The molecule has 0 bridgehead atoms. The number of rotatable bonds is 6. The van der Waals surface area contributed by atoms with Crippen molar-refractivity contribution in [2.75, 3.05) is 26.2 Å². The van der Waals surface area contributed by atoms with Gasteiger partial charge >= 0.3 is 0 Å². The van der Waals surface area contributed by atoms with Gasteiger partial charge in [-0.15, -0.1) is 0 Å². The lowest BCUT2D eigenvalue weighted by atomic mass is 10.0. The van der Waals surface area contributed by atoms with Crippen LogP contribution in [0.2, 0.25) is 0 Å². The molecule has 112 valence electrons. The molecule has 0 radical (unpaired) electrons. The third-order valence-corrected chi connectivity index (χ3v) is 4.23. The van der Waals surface area contributed by atoms with E-state index in [-0.39, 0.29) is 18.5 Å². The second kappa shape index (κ2) is 7.16. The van der Waals surface area contributed by atoms with Crippen molar-refractivity contribution in [2.45, 2.75) is 38.8 Å². The second-order valence-corrected chi connectivity index (χ2v) is 5.70. The number of nitrogens with zero attached hydrogens (tertiary/aromatic N) is 1. The normalized spacial score (nSPS) is 20.6. The smallest absolute Gasteiger partial charge is 0.126 e. The van der Waals surface area contributed by atoms with Crippen molar-refractivity contribution >= 4 is 0 Å². The van der Waals surface area contributed by atoms with Crippen molar-refractivity contribution in [1.29, 1.82) is 0 Å². The molecule has 0 aliphatic carbocycles. The van der Waals surface area contributed by atoms with Gasteiger partial charge in [0, 0.05) is 25.2 Å². The number of benzene rings is 1. The summed E-state index contributed by atoms with van der Waals surface area (Å²) in [6.07, 6.45) is 2.39. The second-order valence-electron chi connectivity index (χ2n) is 5.70. The van der Waals surface area contributed by atoms with Crippen LogP contribution in [0.15, 0.2) is 18.2 Å². The Labute approximate surface area is 120 Å². The average Bonchev–Trinajstić information content (AvgIpc) is 2.93. The Bertz CT molecular complexity index is 432. The molecule has 2 rings (SSSR count). The van der Waals surface area contributed by atoms with Crippen LogP contribution in [0, 0.1) is 12.7 Å². The molecule has 1 aromatic rings. The minimum absolute atomic E-state index is 0.111. The first-order chi connectivity index (χ1) is 9.61. The number of hydrogen-bond acceptors (Lipinski definition) is 3.